The maximum atomic E-state index is 10.1. The van der Waals surface area contributed by atoms with E-state index in [0.29, 0.717) is 33.7 Å². The highest BCUT2D eigenvalue weighted by atomic mass is 16.5. The van der Waals surface area contributed by atoms with Gasteiger partial charge in [0, 0.05) is 11.1 Å². The third-order valence-corrected chi connectivity index (χ3v) is 5.08. The number of aromatic nitrogens is 2. The number of anilines is 2. The molecule has 6 nitrogen and oxygen atoms in total. The normalized spacial score (nSPS) is 10.5. The van der Waals surface area contributed by atoms with Gasteiger partial charge < -0.3 is 14.5 Å². The van der Waals surface area contributed by atoms with Crippen molar-refractivity contribution in [2.24, 2.45) is 0 Å². The van der Waals surface area contributed by atoms with Crippen molar-refractivity contribution in [1.29, 1.82) is 5.26 Å². The molecule has 0 atom stereocenters. The molecule has 0 spiro atoms. The van der Waals surface area contributed by atoms with Gasteiger partial charge in [-0.1, -0.05) is 79.4 Å². The third-order valence-electron chi connectivity index (χ3n) is 5.08. The topological polar surface area (TPSA) is 84.0 Å². The molecule has 6 heteroatoms. The zero-order chi connectivity index (χ0) is 22.6. The molecule has 2 aromatic heterocycles. The van der Waals surface area contributed by atoms with E-state index in [9.17, 15) is 5.26 Å². The second kappa shape index (κ2) is 8.69. The Labute approximate surface area is 190 Å². The Kier molecular flexibility index (Phi) is 5.28. The van der Waals surface area contributed by atoms with Crippen LogP contribution in [-0.4, -0.2) is 9.97 Å². The summed E-state index contributed by atoms with van der Waals surface area (Å²) in [6, 6.07) is 29.1. The van der Waals surface area contributed by atoms with E-state index in [2.05, 4.69) is 27.9 Å². The van der Waals surface area contributed by atoms with Crippen molar-refractivity contribution >= 4 is 22.7 Å². The predicted molar refractivity (Wildman–Crippen MR) is 128 cm³/mol. The van der Waals surface area contributed by atoms with Crippen LogP contribution >= 0.6 is 0 Å². The predicted octanol–water partition coefficient (Wildman–Crippen LogP) is 6.69. The van der Waals surface area contributed by atoms with Gasteiger partial charge in [-0.3, -0.25) is 0 Å². The van der Waals surface area contributed by atoms with Crippen molar-refractivity contribution in [3.63, 3.8) is 0 Å². The fourth-order valence-corrected chi connectivity index (χ4v) is 3.63. The van der Waals surface area contributed by atoms with Gasteiger partial charge in [-0.2, -0.15) is 5.26 Å². The Balaban J connectivity index is 1.70. The van der Waals surface area contributed by atoms with Crippen LogP contribution in [0.15, 0.2) is 102 Å². The molecule has 0 aliphatic carbocycles. The zero-order valence-corrected chi connectivity index (χ0v) is 17.5. The summed E-state index contributed by atoms with van der Waals surface area (Å²) < 4.78 is 11.7. The number of para-hydroxylation sites is 2. The van der Waals surface area contributed by atoms with Crippen molar-refractivity contribution in [2.75, 3.05) is 5.32 Å². The van der Waals surface area contributed by atoms with Crippen LogP contribution in [0.2, 0.25) is 0 Å². The molecule has 0 aliphatic rings. The molecule has 0 amide bonds. The van der Waals surface area contributed by atoms with Crippen molar-refractivity contribution in [3.8, 4) is 34.4 Å². The van der Waals surface area contributed by atoms with Crippen LogP contribution in [0.1, 0.15) is 5.56 Å². The molecule has 1 N–H and O–H groups in total. The van der Waals surface area contributed by atoms with E-state index in [1.807, 2.05) is 84.9 Å². The summed E-state index contributed by atoms with van der Waals surface area (Å²) in [5, 5.41) is 13.2. The molecule has 2 heterocycles. The molecule has 0 saturated carbocycles. The first-order chi connectivity index (χ1) is 16.3. The summed E-state index contributed by atoms with van der Waals surface area (Å²) in [6.07, 6.45) is 1.28. The lowest BCUT2D eigenvalue weighted by atomic mass is 9.98. The second-order valence-corrected chi connectivity index (χ2v) is 7.13. The van der Waals surface area contributed by atoms with Gasteiger partial charge in [0.1, 0.15) is 17.4 Å². The van der Waals surface area contributed by atoms with Crippen LogP contribution in [0.4, 0.5) is 11.7 Å². The molecule has 0 bridgehead atoms. The number of hydrogen-bond donors (Lipinski definition) is 1. The molecular weight excluding hydrogens is 412 g/mol. The summed E-state index contributed by atoms with van der Waals surface area (Å²) in [5.41, 5.74) is 4.14. The molecule has 0 aliphatic heterocycles. The number of rotatable bonds is 6. The average Bonchev–Trinajstić information content (AvgIpc) is 3.23. The number of ether oxygens (including phenoxy) is 1. The molecule has 3 aromatic carbocycles. The van der Waals surface area contributed by atoms with E-state index >= 15 is 0 Å². The Morgan fingerprint density at radius 1 is 0.848 bits per heavy atom. The molecule has 5 aromatic rings. The Hall–Kier alpha value is -4.89. The van der Waals surface area contributed by atoms with Crippen LogP contribution in [0, 0.1) is 11.3 Å². The van der Waals surface area contributed by atoms with Gasteiger partial charge >= 0.3 is 0 Å². The number of nitrogens with one attached hydrogen (secondary N) is 1. The summed E-state index contributed by atoms with van der Waals surface area (Å²) in [7, 11) is 0. The van der Waals surface area contributed by atoms with E-state index in [4.69, 9.17) is 9.15 Å². The zero-order valence-electron chi connectivity index (χ0n) is 17.5. The van der Waals surface area contributed by atoms with E-state index in [0.717, 1.165) is 11.1 Å². The minimum absolute atomic E-state index is 0.228. The highest BCUT2D eigenvalue weighted by Crippen LogP contribution is 2.42. The molecule has 33 heavy (non-hydrogen) atoms. The van der Waals surface area contributed by atoms with Crippen LogP contribution in [-0.2, 0) is 0 Å². The van der Waals surface area contributed by atoms with Gasteiger partial charge in [-0.15, -0.1) is 0 Å². The fourth-order valence-electron chi connectivity index (χ4n) is 3.63. The minimum atomic E-state index is 0.228. The van der Waals surface area contributed by atoms with Gasteiger partial charge in [0.05, 0.1) is 17.3 Å². The van der Waals surface area contributed by atoms with Crippen LogP contribution in [0.5, 0.6) is 5.88 Å². The Bertz CT molecular complexity index is 1490. The van der Waals surface area contributed by atoms with Crippen molar-refractivity contribution < 1.29 is 9.15 Å². The maximum Gasteiger partial charge on any atom is 0.263 e. The summed E-state index contributed by atoms with van der Waals surface area (Å²) in [5.74, 6) is 1.39. The lowest BCUT2D eigenvalue weighted by molar-refractivity contribution is 0.465. The second-order valence-electron chi connectivity index (χ2n) is 7.13. The molecule has 0 fully saturated rings. The van der Waals surface area contributed by atoms with Crippen LogP contribution in [0.3, 0.4) is 0 Å². The van der Waals surface area contributed by atoms with Gasteiger partial charge in [0.2, 0.25) is 5.88 Å². The summed E-state index contributed by atoms with van der Waals surface area (Å²) in [4.78, 5) is 9.15. The average molecular weight is 430 g/mol. The van der Waals surface area contributed by atoms with Crippen molar-refractivity contribution in [3.05, 3.63) is 103 Å². The number of nitriles is 1. The largest absolute Gasteiger partial charge is 0.445 e. The van der Waals surface area contributed by atoms with Crippen molar-refractivity contribution in [2.45, 2.75) is 0 Å². The molecule has 0 radical (unpaired) electrons. The van der Waals surface area contributed by atoms with Gasteiger partial charge in [0.15, 0.2) is 5.82 Å². The third kappa shape index (κ3) is 3.80. The summed E-state index contributed by atoms with van der Waals surface area (Å²) in [6.45, 7) is 3.62. The number of benzene rings is 3. The van der Waals surface area contributed by atoms with Crippen LogP contribution in [0.25, 0.3) is 33.5 Å². The highest BCUT2D eigenvalue weighted by Gasteiger charge is 2.24. The monoisotopic (exact) mass is 430 g/mol. The molecule has 0 saturated heterocycles. The smallest absolute Gasteiger partial charge is 0.263 e. The van der Waals surface area contributed by atoms with E-state index in [1.54, 1.807) is 0 Å². The lowest BCUT2D eigenvalue weighted by Crippen LogP contribution is -2.00. The Morgan fingerprint density at radius 3 is 2.09 bits per heavy atom. The SMILES string of the molecule is C=COc1nc2ccccc2nc1Nc1oc(-c2ccccc2)c(-c2ccccc2)c1C#N. The first kappa shape index (κ1) is 20.0. The van der Waals surface area contributed by atoms with E-state index in [-0.39, 0.29) is 11.8 Å². The first-order valence-electron chi connectivity index (χ1n) is 10.3. The summed E-state index contributed by atoms with van der Waals surface area (Å²) >= 11 is 0. The van der Waals surface area contributed by atoms with E-state index < -0.39 is 0 Å². The number of furan rings is 1. The quantitative estimate of drug-likeness (QED) is 0.302. The molecular formula is C27H18N4O2. The number of nitrogens with zero attached hydrogens (tertiary/aromatic N) is 3. The molecule has 158 valence electrons. The van der Waals surface area contributed by atoms with Crippen molar-refractivity contribution in [1.82, 2.24) is 9.97 Å². The number of fused-ring (bicyclic) bond motifs is 1. The van der Waals surface area contributed by atoms with Gasteiger partial charge in [-0.25, -0.2) is 9.97 Å². The van der Waals surface area contributed by atoms with E-state index in [1.165, 1.54) is 6.26 Å². The first-order valence-corrected chi connectivity index (χ1v) is 10.3. The maximum absolute atomic E-state index is 10.1. The fraction of sp³-hybridized carbons (Fsp3) is 0. The highest BCUT2D eigenvalue weighted by molar-refractivity contribution is 5.89. The van der Waals surface area contributed by atoms with Crippen LogP contribution < -0.4 is 10.1 Å². The minimum Gasteiger partial charge on any atom is -0.445 e. The van der Waals surface area contributed by atoms with Gasteiger partial charge in [-0.05, 0) is 17.7 Å². The van der Waals surface area contributed by atoms with Gasteiger partial charge in [0.25, 0.3) is 5.88 Å². The molecule has 0 unspecified atom stereocenters. The number of hydrogen-bond acceptors (Lipinski definition) is 6. The lowest BCUT2D eigenvalue weighted by Gasteiger charge is -2.09. The Morgan fingerprint density at radius 2 is 1.45 bits per heavy atom. The standard InChI is InChI=1S/C27H18N4O2/c1-2-32-27-25(29-21-15-9-10-16-22(21)30-27)31-26-20(17-28)23(18-11-5-3-6-12-18)24(33-26)19-13-7-4-8-14-19/h2-16H,1H2,(H,29,31). The molecule has 5 rings (SSSR count).